The van der Waals surface area contributed by atoms with Gasteiger partial charge in [0.25, 0.3) is 0 Å². The van der Waals surface area contributed by atoms with Crippen LogP contribution in [0.3, 0.4) is 0 Å². The van der Waals surface area contributed by atoms with E-state index < -0.39 is 23.5 Å². The molecule has 1 aromatic rings. The highest BCUT2D eigenvalue weighted by Gasteiger charge is 2.53. The first kappa shape index (κ1) is 19.6. The molecule has 0 radical (unpaired) electrons. The molecular weight excluding hydrogens is 381 g/mol. The van der Waals surface area contributed by atoms with Crippen LogP contribution < -0.4 is 0 Å². The Morgan fingerprint density at radius 2 is 2.07 bits per heavy atom. The Labute approximate surface area is 160 Å². The number of ether oxygens (including phenoxy) is 3. The zero-order valence-electron chi connectivity index (χ0n) is 14.9. The molecule has 1 fully saturated rings. The summed E-state index contributed by atoms with van der Waals surface area (Å²) in [4.78, 5) is 29.9. The quantitative estimate of drug-likeness (QED) is 0.719. The van der Waals surface area contributed by atoms with Crippen molar-refractivity contribution in [3.8, 4) is 0 Å². The van der Waals surface area contributed by atoms with E-state index in [2.05, 4.69) is 0 Å². The molecule has 0 unspecified atom stereocenters. The smallest absolute Gasteiger partial charge is 0.447 e. The van der Waals surface area contributed by atoms with Crippen molar-refractivity contribution in [1.82, 2.24) is 5.06 Å². The lowest BCUT2D eigenvalue weighted by molar-refractivity contribution is -0.183. The van der Waals surface area contributed by atoms with E-state index >= 15 is 0 Å². The summed E-state index contributed by atoms with van der Waals surface area (Å²) in [6, 6.07) is 4.03. The SMILES string of the molecule is CCOC(=O)OC1=C(c2c(F)cccc2Cl)C(=O)OC12CCN(OC)CC2. The van der Waals surface area contributed by atoms with Crippen LogP contribution in [0.1, 0.15) is 25.3 Å². The summed E-state index contributed by atoms with van der Waals surface area (Å²) >= 11 is 6.13. The van der Waals surface area contributed by atoms with Crippen molar-refractivity contribution in [1.29, 1.82) is 0 Å². The fraction of sp³-hybridized carbons (Fsp3) is 0.444. The lowest BCUT2D eigenvalue weighted by atomic mass is 9.88. The van der Waals surface area contributed by atoms with Crippen LogP contribution in [0.5, 0.6) is 0 Å². The van der Waals surface area contributed by atoms with Crippen LogP contribution in [-0.2, 0) is 23.8 Å². The van der Waals surface area contributed by atoms with E-state index in [-0.39, 0.29) is 28.5 Å². The molecule has 1 saturated heterocycles. The van der Waals surface area contributed by atoms with Gasteiger partial charge in [0.2, 0.25) is 0 Å². The molecule has 2 aliphatic heterocycles. The van der Waals surface area contributed by atoms with E-state index in [1.807, 2.05) is 0 Å². The number of halogens is 2. The van der Waals surface area contributed by atoms with E-state index in [0.29, 0.717) is 25.9 Å². The van der Waals surface area contributed by atoms with Crippen LogP contribution in [-0.4, -0.2) is 49.6 Å². The maximum atomic E-state index is 14.5. The molecule has 1 aromatic carbocycles. The first-order valence-corrected chi connectivity index (χ1v) is 8.85. The number of hydrogen-bond acceptors (Lipinski definition) is 7. The highest BCUT2D eigenvalue weighted by atomic mass is 35.5. The van der Waals surface area contributed by atoms with Crippen molar-refractivity contribution in [3.05, 3.63) is 40.4 Å². The third-order valence-electron chi connectivity index (χ3n) is 4.58. The van der Waals surface area contributed by atoms with Gasteiger partial charge < -0.3 is 19.0 Å². The van der Waals surface area contributed by atoms with Gasteiger partial charge in [-0.3, -0.25) is 0 Å². The first-order chi connectivity index (χ1) is 12.9. The Hall–Kier alpha value is -2.16. The van der Waals surface area contributed by atoms with Gasteiger partial charge in [0, 0.05) is 31.5 Å². The maximum Gasteiger partial charge on any atom is 0.513 e. The van der Waals surface area contributed by atoms with Gasteiger partial charge in [-0.25, -0.2) is 14.0 Å². The van der Waals surface area contributed by atoms with Gasteiger partial charge in [0.1, 0.15) is 11.4 Å². The number of esters is 1. The van der Waals surface area contributed by atoms with E-state index in [4.69, 9.17) is 30.6 Å². The minimum absolute atomic E-state index is 0.0123. The number of hydrogen-bond donors (Lipinski definition) is 0. The Morgan fingerprint density at radius 3 is 2.67 bits per heavy atom. The van der Waals surface area contributed by atoms with Gasteiger partial charge in [-0.05, 0) is 19.1 Å². The molecule has 7 nitrogen and oxygen atoms in total. The average molecular weight is 400 g/mol. The van der Waals surface area contributed by atoms with Gasteiger partial charge in [0.15, 0.2) is 11.4 Å². The third-order valence-corrected chi connectivity index (χ3v) is 4.90. The van der Waals surface area contributed by atoms with Crippen molar-refractivity contribution in [2.75, 3.05) is 26.8 Å². The fourth-order valence-corrected chi connectivity index (χ4v) is 3.54. The number of carbonyl (C=O) groups is 2. The molecule has 27 heavy (non-hydrogen) atoms. The van der Waals surface area contributed by atoms with E-state index in [9.17, 15) is 14.0 Å². The van der Waals surface area contributed by atoms with Crippen LogP contribution in [0.25, 0.3) is 5.57 Å². The molecule has 0 bridgehead atoms. The molecule has 0 amide bonds. The summed E-state index contributed by atoms with van der Waals surface area (Å²) in [6.45, 7) is 2.56. The summed E-state index contributed by atoms with van der Waals surface area (Å²) in [7, 11) is 1.54. The Bertz CT molecular complexity index is 768. The van der Waals surface area contributed by atoms with Crippen LogP contribution in [0, 0.1) is 5.82 Å². The molecule has 0 atom stereocenters. The first-order valence-electron chi connectivity index (χ1n) is 8.48. The van der Waals surface area contributed by atoms with Crippen molar-refractivity contribution in [2.45, 2.75) is 25.4 Å². The third kappa shape index (κ3) is 3.65. The number of hydroxylamine groups is 2. The maximum absolute atomic E-state index is 14.5. The Kier molecular flexibility index (Phi) is 5.69. The van der Waals surface area contributed by atoms with Crippen LogP contribution in [0.4, 0.5) is 9.18 Å². The second-order valence-electron chi connectivity index (χ2n) is 6.08. The van der Waals surface area contributed by atoms with Crippen molar-refractivity contribution >= 4 is 29.3 Å². The Morgan fingerprint density at radius 1 is 1.37 bits per heavy atom. The highest BCUT2D eigenvalue weighted by molar-refractivity contribution is 6.35. The van der Waals surface area contributed by atoms with Crippen LogP contribution >= 0.6 is 11.6 Å². The van der Waals surface area contributed by atoms with Gasteiger partial charge >= 0.3 is 12.1 Å². The Balaban J connectivity index is 2.10. The molecule has 9 heteroatoms. The predicted octanol–water partition coefficient (Wildman–Crippen LogP) is 3.32. The topological polar surface area (TPSA) is 74.3 Å². The molecule has 0 N–H and O–H groups in total. The summed E-state index contributed by atoms with van der Waals surface area (Å²) in [6.07, 6.45) is -0.391. The molecule has 146 valence electrons. The number of carbonyl (C=O) groups excluding carboxylic acids is 2. The van der Waals surface area contributed by atoms with Crippen molar-refractivity contribution < 1.29 is 33.0 Å². The summed E-state index contributed by atoms with van der Waals surface area (Å²) < 4.78 is 30.3. The zero-order valence-corrected chi connectivity index (χ0v) is 15.7. The number of nitrogens with zero attached hydrogens (tertiary/aromatic N) is 1. The highest BCUT2D eigenvalue weighted by Crippen LogP contribution is 2.46. The largest absolute Gasteiger partial charge is 0.513 e. The van der Waals surface area contributed by atoms with Gasteiger partial charge in [-0.1, -0.05) is 17.7 Å². The lowest BCUT2D eigenvalue weighted by Crippen LogP contribution is -2.46. The fourth-order valence-electron chi connectivity index (χ4n) is 3.28. The standard InChI is InChI=1S/C18H19ClFNO6/c1-3-25-17(23)26-15-14(13-11(19)5-4-6-12(13)20)16(22)27-18(15)7-9-21(24-2)10-8-18/h4-6H,3,7-10H2,1-2H3. The minimum Gasteiger partial charge on any atom is -0.447 e. The second-order valence-corrected chi connectivity index (χ2v) is 6.49. The van der Waals surface area contributed by atoms with Crippen LogP contribution in [0.2, 0.25) is 5.02 Å². The van der Waals surface area contributed by atoms with Gasteiger partial charge in [0.05, 0.1) is 18.7 Å². The number of piperidine rings is 1. The van der Waals surface area contributed by atoms with Crippen molar-refractivity contribution in [3.63, 3.8) is 0 Å². The lowest BCUT2D eigenvalue weighted by Gasteiger charge is -2.37. The summed E-state index contributed by atoms with van der Waals surface area (Å²) in [5.41, 5.74) is -1.56. The summed E-state index contributed by atoms with van der Waals surface area (Å²) in [5, 5.41) is 1.70. The molecule has 0 saturated carbocycles. The van der Waals surface area contributed by atoms with Crippen molar-refractivity contribution in [2.24, 2.45) is 0 Å². The molecule has 3 rings (SSSR count). The summed E-state index contributed by atoms with van der Waals surface area (Å²) in [5.74, 6) is -1.59. The molecular formula is C18H19ClFNO6. The number of benzene rings is 1. The molecule has 0 aromatic heterocycles. The van der Waals surface area contributed by atoms with E-state index in [1.165, 1.54) is 25.3 Å². The normalized spacial score (nSPS) is 19.3. The second kappa shape index (κ2) is 7.84. The van der Waals surface area contributed by atoms with E-state index in [0.717, 1.165) is 0 Å². The minimum atomic E-state index is -1.21. The molecule has 1 spiro atoms. The molecule has 0 aliphatic carbocycles. The molecule has 2 aliphatic rings. The molecule has 2 heterocycles. The van der Waals surface area contributed by atoms with Gasteiger partial charge in [-0.2, -0.15) is 5.06 Å². The number of rotatable bonds is 4. The van der Waals surface area contributed by atoms with Crippen LogP contribution in [0.15, 0.2) is 24.0 Å². The predicted molar refractivity (Wildman–Crippen MR) is 93.1 cm³/mol. The van der Waals surface area contributed by atoms with Gasteiger partial charge in [-0.15, -0.1) is 0 Å². The zero-order chi connectivity index (χ0) is 19.6. The monoisotopic (exact) mass is 399 g/mol. The van der Waals surface area contributed by atoms with E-state index in [1.54, 1.807) is 12.0 Å². The average Bonchev–Trinajstić information content (AvgIpc) is 2.88.